The molecule has 0 aliphatic carbocycles. The Bertz CT molecular complexity index is 1280. The van der Waals surface area contributed by atoms with Gasteiger partial charge < -0.3 is 0 Å². The van der Waals surface area contributed by atoms with Gasteiger partial charge in [-0.15, -0.1) is 0 Å². The van der Waals surface area contributed by atoms with Crippen LogP contribution in [0.4, 0.5) is 5.69 Å². The molecule has 2 aromatic carbocycles. The van der Waals surface area contributed by atoms with E-state index in [4.69, 9.17) is 16.0 Å². The Labute approximate surface area is 196 Å². The van der Waals surface area contributed by atoms with Crippen LogP contribution in [0.5, 0.6) is 0 Å². The van der Waals surface area contributed by atoms with E-state index in [1.807, 2.05) is 6.92 Å². The normalized spacial score (nSPS) is 16.3. The zero-order valence-corrected chi connectivity index (χ0v) is 20.9. The van der Waals surface area contributed by atoms with E-state index in [0.29, 0.717) is 37.5 Å². The van der Waals surface area contributed by atoms with Gasteiger partial charge in [0, 0.05) is 6.92 Å². The van der Waals surface area contributed by atoms with Crippen LogP contribution in [-0.4, -0.2) is 30.0 Å². The van der Waals surface area contributed by atoms with E-state index in [9.17, 15) is 13.2 Å². The summed E-state index contributed by atoms with van der Waals surface area (Å²) in [6.07, 6.45) is 2.18. The monoisotopic (exact) mass is 571 g/mol. The van der Waals surface area contributed by atoms with Crippen LogP contribution in [0.2, 0.25) is 5.02 Å². The summed E-state index contributed by atoms with van der Waals surface area (Å²) in [6.45, 7) is 3.60. The van der Waals surface area contributed by atoms with E-state index in [1.165, 1.54) is 16.7 Å². The number of sulfone groups is 1. The molecule has 9 heteroatoms. The van der Waals surface area contributed by atoms with Gasteiger partial charge in [0.25, 0.3) is 0 Å². The number of carbonyl (C=O) groups excluding carboxylic acids is 1. The van der Waals surface area contributed by atoms with Crippen molar-refractivity contribution in [1.29, 1.82) is 0 Å². The predicted molar refractivity (Wildman–Crippen MR) is 116 cm³/mol. The molecule has 0 spiro atoms. The second-order valence-corrected chi connectivity index (χ2v) is 13.3. The molecule has 1 aliphatic rings. The Morgan fingerprint density at radius 1 is 1.23 bits per heavy atom. The molecular weight excluding hydrogens is 551 g/mol. The molecule has 0 bridgehead atoms. The van der Waals surface area contributed by atoms with Gasteiger partial charge in [0.05, 0.1) is 0 Å². The molecule has 2 heterocycles. The molecule has 0 saturated carbocycles. The Morgan fingerprint density at radius 2 is 1.97 bits per heavy atom. The summed E-state index contributed by atoms with van der Waals surface area (Å²) in [6, 6.07) is 10.0. The van der Waals surface area contributed by atoms with Crippen LogP contribution in [0.3, 0.4) is 0 Å². The zero-order chi connectivity index (χ0) is 22.3. The van der Waals surface area contributed by atoms with Crippen LogP contribution >= 0.6 is 11.6 Å². The summed E-state index contributed by atoms with van der Waals surface area (Å²) in [7, 11) is -3.33. The number of alkyl halides is 2. The second-order valence-electron chi connectivity index (χ2n) is 7.41. The number of benzene rings is 2. The van der Waals surface area contributed by atoms with Crippen molar-refractivity contribution < 1.29 is 38.8 Å². The van der Waals surface area contributed by atoms with Gasteiger partial charge in [0.2, 0.25) is 0 Å². The maximum absolute atomic E-state index is 13.0. The number of rotatable bonds is 5. The van der Waals surface area contributed by atoms with Crippen molar-refractivity contribution in [3.05, 3.63) is 64.2 Å². The molecule has 1 fully saturated rings. The number of halogens is 2. The first-order valence-electron chi connectivity index (χ1n) is 9.60. The molecule has 1 saturated heterocycles. The number of hydrogen-bond acceptors (Lipinski definition) is 5. The van der Waals surface area contributed by atoms with Gasteiger partial charge in [-0.05, 0) is 0 Å². The van der Waals surface area contributed by atoms with Gasteiger partial charge in [-0.25, -0.2) is 0 Å². The molecular formula is C22H21ClIN2O4S-. The van der Waals surface area contributed by atoms with Gasteiger partial charge in [-0.1, -0.05) is 0 Å². The third kappa shape index (κ3) is 4.65. The van der Waals surface area contributed by atoms with Gasteiger partial charge in [-0.2, -0.15) is 0 Å². The average molecular weight is 572 g/mol. The van der Waals surface area contributed by atoms with Crippen LogP contribution < -0.4 is 26.5 Å². The Balaban J connectivity index is 1.62. The molecule has 3 aromatic rings. The predicted octanol–water partition coefficient (Wildman–Crippen LogP) is 1.80. The van der Waals surface area contributed by atoms with E-state index >= 15 is 0 Å². The fourth-order valence-electron chi connectivity index (χ4n) is 3.46. The van der Waals surface area contributed by atoms with Gasteiger partial charge in [-0.3, -0.25) is 0 Å². The Kier molecular flexibility index (Phi) is 6.15. The minimum atomic E-state index is -3.33. The average Bonchev–Trinajstić information content (AvgIpc) is 2.97. The van der Waals surface area contributed by atoms with E-state index in [-0.39, 0.29) is 32.0 Å². The molecule has 1 aromatic heterocycles. The number of oxazole rings is 1. The van der Waals surface area contributed by atoms with Crippen LogP contribution in [-0.2, 0) is 9.84 Å². The number of nitrogens with zero attached hydrogens (tertiary/aromatic N) is 1. The Hall–Kier alpha value is -1.91. The Morgan fingerprint density at radius 3 is 2.52 bits per heavy atom. The SMILES string of the molecule is Cc1nc(-c2ccc(NC(=O)c3ccc(S(C)(=O)=O)cc3C3CC[I-]3)cc2Cl)c(C)o1. The van der Waals surface area contributed by atoms with Crippen LogP contribution in [0.15, 0.2) is 45.7 Å². The topological polar surface area (TPSA) is 89.3 Å². The number of anilines is 1. The first-order chi connectivity index (χ1) is 14.6. The molecule has 6 nitrogen and oxygen atoms in total. The maximum atomic E-state index is 13.0. The standard InChI is InChI=1S/C22H21ClIN2O4S/c1-12-21(25-13(2)30-12)17-6-4-14(10-19(17)23)26-22(27)16-7-5-15(31(3,28)29)11-18(16)20-8-9-24-20/h4-7,10-11,20H,8-9H2,1-3H3,(H,26,27)/q-1. The molecule has 1 unspecified atom stereocenters. The quantitative estimate of drug-likeness (QED) is 0.373. The number of aromatic nitrogens is 1. The molecule has 1 atom stereocenters. The molecule has 31 heavy (non-hydrogen) atoms. The first kappa shape index (κ1) is 22.3. The second kappa shape index (κ2) is 8.55. The van der Waals surface area contributed by atoms with Gasteiger partial charge in [0.15, 0.2) is 0 Å². The molecule has 0 radical (unpaired) electrons. The summed E-state index contributed by atoms with van der Waals surface area (Å²) in [5.41, 5.74) is 3.30. The molecule has 1 aliphatic heterocycles. The van der Waals surface area contributed by atoms with E-state index in [2.05, 4.69) is 10.3 Å². The summed E-state index contributed by atoms with van der Waals surface area (Å²) in [5.74, 6) is 0.962. The van der Waals surface area contributed by atoms with Crippen molar-refractivity contribution in [2.75, 3.05) is 16.0 Å². The van der Waals surface area contributed by atoms with Crippen LogP contribution in [0.1, 0.15) is 37.9 Å². The zero-order valence-electron chi connectivity index (χ0n) is 17.2. The molecule has 164 valence electrons. The van der Waals surface area contributed by atoms with Crippen molar-refractivity contribution in [2.24, 2.45) is 0 Å². The van der Waals surface area contributed by atoms with Crippen molar-refractivity contribution in [3.63, 3.8) is 0 Å². The minimum absolute atomic E-state index is 0.0547. The van der Waals surface area contributed by atoms with E-state index in [0.717, 1.165) is 17.5 Å². The number of hydrogen-bond donors (Lipinski definition) is 1. The number of nitrogens with one attached hydrogen (secondary N) is 1. The third-order valence-corrected chi connectivity index (χ3v) is 10.1. The summed E-state index contributed by atoms with van der Waals surface area (Å²) in [5, 5.41) is 3.35. The van der Waals surface area contributed by atoms with E-state index < -0.39 is 9.84 Å². The van der Waals surface area contributed by atoms with Gasteiger partial charge >= 0.3 is 190 Å². The summed E-state index contributed by atoms with van der Waals surface area (Å²) < 4.78 is 30.9. The van der Waals surface area contributed by atoms with Crippen molar-refractivity contribution in [2.45, 2.75) is 29.1 Å². The fraction of sp³-hybridized carbons (Fsp3) is 0.273. The first-order valence-corrected chi connectivity index (χ1v) is 14.6. The number of aryl methyl sites for hydroxylation is 2. The molecule has 1 amide bonds. The molecule has 4 rings (SSSR count). The summed E-state index contributed by atoms with van der Waals surface area (Å²) >= 11 is 6.41. The van der Waals surface area contributed by atoms with Crippen LogP contribution in [0, 0.1) is 13.8 Å². The van der Waals surface area contributed by atoms with Gasteiger partial charge in [0.1, 0.15) is 0 Å². The van der Waals surface area contributed by atoms with Crippen molar-refractivity contribution in [1.82, 2.24) is 4.98 Å². The summed E-state index contributed by atoms with van der Waals surface area (Å²) in [4.78, 5) is 17.7. The van der Waals surface area contributed by atoms with Crippen molar-refractivity contribution >= 4 is 33.0 Å². The fourth-order valence-corrected chi connectivity index (χ4v) is 6.62. The number of amides is 1. The van der Waals surface area contributed by atoms with Crippen LogP contribution in [0.25, 0.3) is 11.3 Å². The molecule has 1 N–H and O–H groups in total. The van der Waals surface area contributed by atoms with Crippen molar-refractivity contribution in [3.8, 4) is 11.3 Å². The third-order valence-electron chi connectivity index (χ3n) is 5.08. The number of carbonyl (C=O) groups is 1. The van der Waals surface area contributed by atoms with E-state index in [1.54, 1.807) is 37.3 Å².